The summed E-state index contributed by atoms with van der Waals surface area (Å²) in [7, 11) is 0. The van der Waals surface area contributed by atoms with Crippen LogP contribution in [0.25, 0.3) is 32.8 Å². The van der Waals surface area contributed by atoms with E-state index in [-0.39, 0.29) is 11.3 Å². The maximum Gasteiger partial charge on any atom is 0.293 e. The van der Waals surface area contributed by atoms with Crippen LogP contribution in [0.1, 0.15) is 12.5 Å². The SMILES string of the molecule is CCNc1nc2c(C#CC(N)=O)c[nH]c(=O)c2c2cc(-c3cccc(O)c3)ccc12. The van der Waals surface area contributed by atoms with Gasteiger partial charge in [0.2, 0.25) is 0 Å². The molecule has 0 bridgehead atoms. The molecule has 30 heavy (non-hydrogen) atoms. The lowest BCUT2D eigenvalue weighted by Gasteiger charge is -2.12. The van der Waals surface area contributed by atoms with E-state index in [9.17, 15) is 14.7 Å². The molecule has 7 heteroatoms. The van der Waals surface area contributed by atoms with Crippen molar-refractivity contribution in [3.63, 3.8) is 0 Å². The second kappa shape index (κ2) is 7.60. The summed E-state index contributed by atoms with van der Waals surface area (Å²) in [5.41, 5.74) is 7.25. The fraction of sp³-hybridized carbons (Fsp3) is 0.0870. The third kappa shape index (κ3) is 3.42. The first kappa shape index (κ1) is 19.0. The number of carbonyl (C=O) groups excluding carboxylic acids is 1. The number of nitrogens with zero attached hydrogens (tertiary/aromatic N) is 1. The van der Waals surface area contributed by atoms with Crippen molar-refractivity contribution in [3.05, 3.63) is 64.6 Å². The van der Waals surface area contributed by atoms with Crippen molar-refractivity contribution in [2.45, 2.75) is 6.92 Å². The second-order valence-corrected chi connectivity index (χ2v) is 6.67. The number of benzene rings is 2. The van der Waals surface area contributed by atoms with Crippen molar-refractivity contribution < 1.29 is 9.90 Å². The Morgan fingerprint density at radius 2 is 2.00 bits per heavy atom. The number of nitrogens with one attached hydrogen (secondary N) is 2. The number of aromatic amines is 1. The number of nitrogens with two attached hydrogens (primary N) is 1. The fourth-order valence-corrected chi connectivity index (χ4v) is 3.41. The van der Waals surface area contributed by atoms with E-state index in [1.807, 2.05) is 31.2 Å². The van der Waals surface area contributed by atoms with E-state index in [4.69, 9.17) is 5.73 Å². The van der Waals surface area contributed by atoms with E-state index in [1.165, 1.54) is 6.20 Å². The molecule has 0 fully saturated rings. The van der Waals surface area contributed by atoms with Gasteiger partial charge in [-0.1, -0.05) is 30.2 Å². The summed E-state index contributed by atoms with van der Waals surface area (Å²) in [5.74, 6) is 4.97. The highest BCUT2D eigenvalue weighted by Crippen LogP contribution is 2.33. The lowest BCUT2D eigenvalue weighted by Crippen LogP contribution is -2.11. The van der Waals surface area contributed by atoms with Crippen LogP contribution in [-0.4, -0.2) is 27.5 Å². The molecule has 4 rings (SSSR count). The van der Waals surface area contributed by atoms with Crippen LogP contribution in [0, 0.1) is 11.8 Å². The molecule has 148 valence electrons. The van der Waals surface area contributed by atoms with Gasteiger partial charge in [0.15, 0.2) is 0 Å². The van der Waals surface area contributed by atoms with E-state index in [2.05, 4.69) is 27.1 Å². The highest BCUT2D eigenvalue weighted by Gasteiger charge is 2.15. The summed E-state index contributed by atoms with van der Waals surface area (Å²) in [6.45, 7) is 2.58. The van der Waals surface area contributed by atoms with Gasteiger partial charge in [-0.3, -0.25) is 9.59 Å². The average Bonchev–Trinajstić information content (AvgIpc) is 2.73. The van der Waals surface area contributed by atoms with E-state index in [0.717, 1.165) is 16.5 Å². The lowest BCUT2D eigenvalue weighted by atomic mass is 9.98. The number of pyridine rings is 2. The van der Waals surface area contributed by atoms with Gasteiger partial charge in [0.05, 0.1) is 16.5 Å². The topological polar surface area (TPSA) is 121 Å². The minimum atomic E-state index is -0.770. The zero-order valence-electron chi connectivity index (χ0n) is 16.1. The van der Waals surface area contributed by atoms with Crippen LogP contribution in [0.4, 0.5) is 5.82 Å². The fourth-order valence-electron chi connectivity index (χ4n) is 3.41. The van der Waals surface area contributed by atoms with Crippen LogP contribution in [0.3, 0.4) is 0 Å². The number of phenolic OH excluding ortho intramolecular Hbond substituents is 1. The highest BCUT2D eigenvalue weighted by molar-refractivity contribution is 6.12. The van der Waals surface area contributed by atoms with Crippen molar-refractivity contribution in [1.82, 2.24) is 9.97 Å². The number of H-pyrrole nitrogens is 1. The molecule has 1 amide bonds. The number of aromatic hydroxyl groups is 1. The minimum Gasteiger partial charge on any atom is -0.508 e. The molecule has 0 saturated heterocycles. The van der Waals surface area contributed by atoms with E-state index in [1.54, 1.807) is 18.2 Å². The second-order valence-electron chi connectivity index (χ2n) is 6.67. The molecule has 2 aromatic heterocycles. The third-order valence-electron chi connectivity index (χ3n) is 4.68. The largest absolute Gasteiger partial charge is 0.508 e. The van der Waals surface area contributed by atoms with Crippen LogP contribution < -0.4 is 16.6 Å². The van der Waals surface area contributed by atoms with Gasteiger partial charge in [-0.25, -0.2) is 4.98 Å². The number of hydrogen-bond donors (Lipinski definition) is 4. The summed E-state index contributed by atoms with van der Waals surface area (Å²) in [4.78, 5) is 31.2. The van der Waals surface area contributed by atoms with E-state index < -0.39 is 5.91 Å². The number of phenols is 1. The zero-order chi connectivity index (χ0) is 21.3. The minimum absolute atomic E-state index is 0.155. The summed E-state index contributed by atoms with van der Waals surface area (Å²) < 4.78 is 0. The average molecular weight is 398 g/mol. The van der Waals surface area contributed by atoms with Gasteiger partial charge in [0.25, 0.3) is 11.5 Å². The zero-order valence-corrected chi connectivity index (χ0v) is 16.1. The van der Waals surface area contributed by atoms with Crippen molar-refractivity contribution in [3.8, 4) is 28.7 Å². The Morgan fingerprint density at radius 3 is 2.73 bits per heavy atom. The number of aromatic nitrogens is 2. The Hall–Kier alpha value is -4.31. The summed E-state index contributed by atoms with van der Waals surface area (Å²) in [6, 6.07) is 12.6. The number of anilines is 1. The maximum atomic E-state index is 12.8. The standard InChI is InChI=1S/C23H18N4O3/c1-2-25-22-17-8-6-14(13-4-3-5-16(28)10-13)11-18(17)20-21(27-22)15(7-9-19(24)29)12-26-23(20)30/h3-6,8,10-12,28H,2H2,1H3,(H2,24,29)(H,25,27)(H,26,30). The number of carbonyl (C=O) groups is 1. The summed E-state index contributed by atoms with van der Waals surface area (Å²) in [6.07, 6.45) is 1.42. The van der Waals surface area contributed by atoms with Gasteiger partial charge in [0, 0.05) is 29.4 Å². The van der Waals surface area contributed by atoms with Gasteiger partial charge in [-0.05, 0) is 36.2 Å². The number of fused-ring (bicyclic) bond motifs is 3. The van der Waals surface area contributed by atoms with E-state index in [0.29, 0.717) is 34.2 Å². The predicted octanol–water partition coefficient (Wildman–Crippen LogP) is 2.72. The van der Waals surface area contributed by atoms with Gasteiger partial charge in [-0.2, -0.15) is 0 Å². The first-order chi connectivity index (χ1) is 14.5. The Bertz CT molecular complexity index is 1430. The predicted molar refractivity (Wildman–Crippen MR) is 117 cm³/mol. The Kier molecular flexibility index (Phi) is 4.82. The molecule has 0 aliphatic rings. The van der Waals surface area contributed by atoms with Crippen LogP contribution in [0.2, 0.25) is 0 Å². The summed E-state index contributed by atoms with van der Waals surface area (Å²) >= 11 is 0. The number of amides is 1. The normalized spacial score (nSPS) is 10.6. The maximum absolute atomic E-state index is 12.8. The molecule has 0 saturated carbocycles. The molecule has 4 aromatic rings. The third-order valence-corrected chi connectivity index (χ3v) is 4.68. The van der Waals surface area contributed by atoms with Crippen LogP contribution >= 0.6 is 0 Å². The van der Waals surface area contributed by atoms with E-state index >= 15 is 0 Å². The summed E-state index contributed by atoms with van der Waals surface area (Å²) in [5, 5.41) is 14.9. The van der Waals surface area contributed by atoms with Crippen LogP contribution in [-0.2, 0) is 4.79 Å². The van der Waals surface area contributed by atoms with Crippen LogP contribution in [0.5, 0.6) is 5.75 Å². The molecule has 2 aromatic carbocycles. The van der Waals surface area contributed by atoms with Crippen LogP contribution in [0.15, 0.2) is 53.5 Å². The Balaban J connectivity index is 2.10. The van der Waals surface area contributed by atoms with Crippen molar-refractivity contribution in [2.24, 2.45) is 5.73 Å². The molecule has 0 radical (unpaired) electrons. The number of rotatable bonds is 3. The lowest BCUT2D eigenvalue weighted by molar-refractivity contribution is -0.112. The van der Waals surface area contributed by atoms with Crippen molar-refractivity contribution >= 4 is 33.4 Å². The smallest absolute Gasteiger partial charge is 0.293 e. The molecule has 2 heterocycles. The molecule has 7 nitrogen and oxygen atoms in total. The Labute approximate surface area is 171 Å². The van der Waals surface area contributed by atoms with Gasteiger partial charge in [-0.15, -0.1) is 0 Å². The monoisotopic (exact) mass is 398 g/mol. The van der Waals surface area contributed by atoms with Crippen molar-refractivity contribution in [2.75, 3.05) is 11.9 Å². The molecule has 0 spiro atoms. The highest BCUT2D eigenvalue weighted by atomic mass is 16.3. The first-order valence-electron chi connectivity index (χ1n) is 9.32. The molecular weight excluding hydrogens is 380 g/mol. The van der Waals surface area contributed by atoms with Gasteiger partial charge in [0.1, 0.15) is 11.6 Å². The molecular formula is C23H18N4O3. The molecule has 0 atom stereocenters. The number of hydrogen-bond acceptors (Lipinski definition) is 5. The van der Waals surface area contributed by atoms with Crippen molar-refractivity contribution in [1.29, 1.82) is 0 Å². The Morgan fingerprint density at radius 1 is 1.20 bits per heavy atom. The molecule has 0 unspecified atom stereocenters. The molecule has 0 aliphatic heterocycles. The molecule has 5 N–H and O–H groups in total. The molecule has 0 aliphatic carbocycles. The number of primary amides is 1. The first-order valence-corrected chi connectivity index (χ1v) is 9.32. The van der Waals surface area contributed by atoms with Gasteiger partial charge >= 0.3 is 0 Å². The quantitative estimate of drug-likeness (QED) is 0.312. The van der Waals surface area contributed by atoms with Gasteiger partial charge < -0.3 is 21.1 Å².